The Bertz CT molecular complexity index is 1310. The van der Waals surface area contributed by atoms with E-state index in [1.165, 1.54) is 31.4 Å². The second-order valence-corrected chi connectivity index (χ2v) is 8.30. The topological polar surface area (TPSA) is 129 Å². The number of amides is 2. The minimum atomic E-state index is -0.648. The number of methoxy groups -OCH3 is 1. The summed E-state index contributed by atoms with van der Waals surface area (Å²) >= 11 is 0.814. The van der Waals surface area contributed by atoms with Crippen molar-refractivity contribution >= 4 is 40.6 Å². The van der Waals surface area contributed by atoms with Crippen molar-refractivity contribution in [1.29, 1.82) is 0 Å². The summed E-state index contributed by atoms with van der Waals surface area (Å²) < 4.78 is 15.6. The molecule has 0 spiro atoms. The van der Waals surface area contributed by atoms with Crippen LogP contribution >= 0.6 is 11.8 Å². The van der Waals surface area contributed by atoms with Gasteiger partial charge in [0.25, 0.3) is 16.8 Å². The van der Waals surface area contributed by atoms with Crippen LogP contribution in [0.1, 0.15) is 27.4 Å². The summed E-state index contributed by atoms with van der Waals surface area (Å²) in [4.78, 5) is 48.2. The highest BCUT2D eigenvalue weighted by atomic mass is 32.2. The van der Waals surface area contributed by atoms with E-state index < -0.39 is 22.0 Å². The van der Waals surface area contributed by atoms with Crippen LogP contribution in [-0.4, -0.2) is 34.0 Å². The summed E-state index contributed by atoms with van der Waals surface area (Å²) in [7, 11) is 1.23. The third-order valence-corrected chi connectivity index (χ3v) is 5.87. The first-order chi connectivity index (χ1) is 16.8. The lowest BCUT2D eigenvalue weighted by Crippen LogP contribution is -2.27. The summed E-state index contributed by atoms with van der Waals surface area (Å²) in [6.07, 6.45) is 1.60. The zero-order valence-electron chi connectivity index (χ0n) is 18.3. The zero-order chi connectivity index (χ0) is 24.9. The highest BCUT2D eigenvalue weighted by Gasteiger charge is 2.35. The van der Waals surface area contributed by atoms with Gasteiger partial charge < -0.3 is 13.9 Å². The molecule has 11 heteroatoms. The van der Waals surface area contributed by atoms with E-state index in [1.54, 1.807) is 42.5 Å². The van der Waals surface area contributed by atoms with Gasteiger partial charge in [0, 0.05) is 12.1 Å². The van der Waals surface area contributed by atoms with Gasteiger partial charge in [-0.1, -0.05) is 12.1 Å². The Morgan fingerprint density at radius 1 is 1.09 bits per heavy atom. The fourth-order valence-corrected chi connectivity index (χ4v) is 4.00. The number of hydrogen-bond acceptors (Lipinski definition) is 9. The molecule has 1 aliphatic rings. The third kappa shape index (κ3) is 5.58. The number of nitro benzene ring substituents is 1. The Morgan fingerprint density at radius 2 is 1.80 bits per heavy atom. The van der Waals surface area contributed by atoms with Gasteiger partial charge in [-0.3, -0.25) is 24.6 Å². The lowest BCUT2D eigenvalue weighted by atomic mass is 10.2. The molecule has 35 heavy (non-hydrogen) atoms. The van der Waals surface area contributed by atoms with Crippen LogP contribution in [0.3, 0.4) is 0 Å². The van der Waals surface area contributed by atoms with Crippen molar-refractivity contribution in [3.05, 3.63) is 98.3 Å². The highest BCUT2D eigenvalue weighted by Crippen LogP contribution is 2.33. The summed E-state index contributed by atoms with van der Waals surface area (Å²) in [6.45, 7) is 0.134. The van der Waals surface area contributed by atoms with Gasteiger partial charge in [0.2, 0.25) is 5.76 Å². The lowest BCUT2D eigenvalue weighted by Gasteiger charge is -2.10. The van der Waals surface area contributed by atoms with Gasteiger partial charge in [-0.2, -0.15) is 0 Å². The maximum atomic E-state index is 12.7. The SMILES string of the molecule is COC(=O)c1ccc(CN2C(=O)S/C(=C/c3ccc(OCc4ccc([N+](=O)[O-])cc4)cc3)C2=O)o1. The lowest BCUT2D eigenvalue weighted by molar-refractivity contribution is -0.384. The Balaban J connectivity index is 1.37. The summed E-state index contributed by atoms with van der Waals surface area (Å²) in [5, 5.41) is 10.3. The van der Waals surface area contributed by atoms with Gasteiger partial charge in [0.15, 0.2) is 0 Å². The third-order valence-electron chi connectivity index (χ3n) is 4.97. The van der Waals surface area contributed by atoms with Crippen molar-refractivity contribution in [3.8, 4) is 5.75 Å². The minimum absolute atomic E-state index is 0.0117. The molecule has 10 nitrogen and oxygen atoms in total. The fraction of sp³-hybridized carbons (Fsp3) is 0.125. The van der Waals surface area contributed by atoms with Gasteiger partial charge in [0.1, 0.15) is 18.1 Å². The molecule has 1 fully saturated rings. The van der Waals surface area contributed by atoms with Crippen molar-refractivity contribution in [2.24, 2.45) is 0 Å². The zero-order valence-corrected chi connectivity index (χ0v) is 19.2. The largest absolute Gasteiger partial charge is 0.489 e. The number of hydrogen-bond donors (Lipinski definition) is 0. The Labute approximate surface area is 203 Å². The molecule has 0 atom stereocenters. The van der Waals surface area contributed by atoms with Gasteiger partial charge in [-0.15, -0.1) is 0 Å². The van der Waals surface area contributed by atoms with Crippen molar-refractivity contribution in [3.63, 3.8) is 0 Å². The summed E-state index contributed by atoms with van der Waals surface area (Å²) in [5.74, 6) is -0.266. The molecule has 0 aliphatic carbocycles. The van der Waals surface area contributed by atoms with E-state index in [2.05, 4.69) is 4.74 Å². The van der Waals surface area contributed by atoms with Crippen LogP contribution in [0.2, 0.25) is 0 Å². The number of imide groups is 1. The number of non-ortho nitro benzene ring substituents is 1. The van der Waals surface area contributed by atoms with Crippen LogP contribution in [0.4, 0.5) is 10.5 Å². The average molecular weight is 494 g/mol. The molecule has 178 valence electrons. The number of carbonyl (C=O) groups is 3. The number of esters is 1. The van der Waals surface area contributed by atoms with E-state index in [-0.39, 0.29) is 35.3 Å². The molecule has 1 aromatic heterocycles. The van der Waals surface area contributed by atoms with Gasteiger partial charge in [-0.05, 0) is 65.4 Å². The molecule has 2 heterocycles. The highest BCUT2D eigenvalue weighted by molar-refractivity contribution is 8.18. The van der Waals surface area contributed by atoms with E-state index in [9.17, 15) is 24.5 Å². The standard InChI is InChI=1S/C24H18N2O8S/c1-32-23(28)20-11-10-19(34-20)13-25-22(27)21(35-24(25)29)12-15-4-8-18(9-5-15)33-14-16-2-6-17(7-3-16)26(30)31/h2-12H,13-14H2,1H3/b21-12+. The van der Waals surface area contributed by atoms with Crippen molar-refractivity contribution in [2.45, 2.75) is 13.2 Å². The van der Waals surface area contributed by atoms with E-state index in [0.29, 0.717) is 11.3 Å². The van der Waals surface area contributed by atoms with Crippen molar-refractivity contribution in [2.75, 3.05) is 7.11 Å². The molecule has 0 unspecified atom stereocenters. The predicted molar refractivity (Wildman–Crippen MR) is 125 cm³/mol. The smallest absolute Gasteiger partial charge is 0.373 e. The Morgan fingerprint density at radius 3 is 2.46 bits per heavy atom. The van der Waals surface area contributed by atoms with E-state index >= 15 is 0 Å². The number of benzene rings is 2. The second-order valence-electron chi connectivity index (χ2n) is 7.31. The number of thioether (sulfide) groups is 1. The molecule has 4 rings (SSSR count). The first kappa shape index (κ1) is 23.8. The summed E-state index contributed by atoms with van der Waals surface area (Å²) in [5.41, 5.74) is 1.49. The summed E-state index contributed by atoms with van der Waals surface area (Å²) in [6, 6.07) is 15.9. The quantitative estimate of drug-likeness (QED) is 0.188. The van der Waals surface area contributed by atoms with Crippen LogP contribution in [0.25, 0.3) is 6.08 Å². The van der Waals surface area contributed by atoms with Crippen LogP contribution in [0.5, 0.6) is 5.75 Å². The Hall–Kier alpha value is -4.38. The number of rotatable bonds is 8. The minimum Gasteiger partial charge on any atom is -0.489 e. The molecule has 0 radical (unpaired) electrons. The maximum absolute atomic E-state index is 12.7. The average Bonchev–Trinajstić information content (AvgIpc) is 3.44. The van der Waals surface area contributed by atoms with Crippen LogP contribution < -0.4 is 4.74 Å². The monoisotopic (exact) mass is 494 g/mol. The van der Waals surface area contributed by atoms with Gasteiger partial charge in [-0.25, -0.2) is 4.79 Å². The first-order valence-electron chi connectivity index (χ1n) is 10.2. The number of nitrogens with zero attached hydrogens (tertiary/aromatic N) is 2. The van der Waals surface area contributed by atoms with Crippen LogP contribution in [-0.2, 0) is 22.7 Å². The first-order valence-corrected chi connectivity index (χ1v) is 11.0. The molecule has 0 bridgehead atoms. The fourth-order valence-electron chi connectivity index (χ4n) is 3.16. The van der Waals surface area contributed by atoms with Gasteiger partial charge in [0.05, 0.1) is 23.5 Å². The van der Waals surface area contributed by atoms with Crippen molar-refractivity contribution in [1.82, 2.24) is 4.90 Å². The van der Waals surface area contributed by atoms with E-state index in [4.69, 9.17) is 9.15 Å². The van der Waals surface area contributed by atoms with Gasteiger partial charge >= 0.3 is 5.97 Å². The molecule has 0 N–H and O–H groups in total. The Kier molecular flexibility index (Phi) is 6.97. The molecule has 2 amide bonds. The molecule has 1 aliphatic heterocycles. The number of furan rings is 1. The van der Waals surface area contributed by atoms with Crippen LogP contribution in [0, 0.1) is 10.1 Å². The normalized spacial score (nSPS) is 14.4. The number of nitro groups is 1. The molecular weight excluding hydrogens is 476 g/mol. The molecule has 1 saturated heterocycles. The molecule has 0 saturated carbocycles. The van der Waals surface area contributed by atoms with Crippen molar-refractivity contribution < 1.29 is 33.2 Å². The molecular formula is C24H18N2O8S. The van der Waals surface area contributed by atoms with Crippen LogP contribution in [0.15, 0.2) is 70.0 Å². The van der Waals surface area contributed by atoms with E-state index in [1.807, 2.05) is 0 Å². The molecule has 2 aromatic carbocycles. The molecule has 3 aromatic rings. The van der Waals surface area contributed by atoms with E-state index in [0.717, 1.165) is 22.2 Å². The number of ether oxygens (including phenoxy) is 2. The maximum Gasteiger partial charge on any atom is 0.373 e. The predicted octanol–water partition coefficient (Wildman–Crippen LogP) is 4.79. The second kappa shape index (κ2) is 10.3. The number of carbonyl (C=O) groups excluding carboxylic acids is 3.